The van der Waals surface area contributed by atoms with Crippen LogP contribution in [0.3, 0.4) is 0 Å². The molecule has 22 heavy (non-hydrogen) atoms. The lowest BCUT2D eigenvalue weighted by molar-refractivity contribution is -0.117. The van der Waals surface area contributed by atoms with Gasteiger partial charge in [-0.05, 0) is 51.8 Å². The average Bonchev–Trinajstić information content (AvgIpc) is 2.87. The Balaban J connectivity index is 1.92. The molecule has 0 saturated carbocycles. The number of carbonyl (C=O) groups excluding carboxylic acids is 1. The summed E-state index contributed by atoms with van der Waals surface area (Å²) in [7, 11) is 0. The molecule has 1 aliphatic heterocycles. The van der Waals surface area contributed by atoms with Crippen molar-refractivity contribution in [1.82, 2.24) is 4.90 Å². The molecule has 0 bridgehead atoms. The smallest absolute Gasteiger partial charge is 0.238 e. The third kappa shape index (κ3) is 4.71. The van der Waals surface area contributed by atoms with E-state index in [1.54, 1.807) is 6.92 Å². The predicted molar refractivity (Wildman–Crippen MR) is 87.1 cm³/mol. The third-order valence-electron chi connectivity index (χ3n) is 3.92. The first-order valence-corrected chi connectivity index (χ1v) is 8.04. The summed E-state index contributed by atoms with van der Waals surface area (Å²) in [5.74, 6) is 0.657. The Labute approximate surface area is 132 Å². The van der Waals surface area contributed by atoms with E-state index >= 15 is 0 Å². The first-order valence-electron chi connectivity index (χ1n) is 8.04. The van der Waals surface area contributed by atoms with Crippen LogP contribution in [0.5, 0.6) is 5.75 Å². The largest absolute Gasteiger partial charge is 0.492 e. The van der Waals surface area contributed by atoms with E-state index in [-0.39, 0.29) is 12.0 Å². The monoisotopic (exact) mass is 306 g/mol. The van der Waals surface area contributed by atoms with E-state index in [4.69, 9.17) is 4.74 Å². The summed E-state index contributed by atoms with van der Waals surface area (Å²) in [5.41, 5.74) is 0.709. The van der Waals surface area contributed by atoms with Gasteiger partial charge in [0.2, 0.25) is 5.91 Å². The molecule has 122 valence electrons. The van der Waals surface area contributed by atoms with Crippen molar-refractivity contribution in [2.75, 3.05) is 25.0 Å². The topological polar surface area (TPSA) is 61.8 Å². The van der Waals surface area contributed by atoms with Gasteiger partial charge in [-0.3, -0.25) is 9.69 Å². The number of aliphatic hydroxyl groups excluding tert-OH is 1. The summed E-state index contributed by atoms with van der Waals surface area (Å²) in [6, 6.07) is 7.77. The fourth-order valence-electron chi connectivity index (χ4n) is 2.99. The molecular formula is C17H26N2O3. The molecule has 2 atom stereocenters. The Morgan fingerprint density at radius 2 is 2.27 bits per heavy atom. The molecule has 1 amide bonds. The van der Waals surface area contributed by atoms with Gasteiger partial charge in [0.15, 0.2) is 0 Å². The molecule has 0 aromatic heterocycles. The summed E-state index contributed by atoms with van der Waals surface area (Å²) >= 11 is 0. The van der Waals surface area contributed by atoms with Crippen molar-refractivity contribution in [3.63, 3.8) is 0 Å². The second-order valence-electron chi connectivity index (χ2n) is 5.83. The lowest BCUT2D eigenvalue weighted by Crippen LogP contribution is -2.38. The van der Waals surface area contributed by atoms with E-state index in [2.05, 4.69) is 10.2 Å². The number of ether oxygens (including phenoxy) is 1. The SMILES string of the molecule is CCOc1ccccc1NC(=O)CN1CCCC1CC(C)O. The van der Waals surface area contributed by atoms with Crippen LogP contribution in [0.4, 0.5) is 5.69 Å². The van der Waals surface area contributed by atoms with Gasteiger partial charge in [-0.1, -0.05) is 12.1 Å². The summed E-state index contributed by atoms with van der Waals surface area (Å²) in [6.45, 7) is 5.56. The van der Waals surface area contributed by atoms with Crippen LogP contribution in [-0.4, -0.2) is 47.8 Å². The van der Waals surface area contributed by atoms with Crippen molar-refractivity contribution in [2.24, 2.45) is 0 Å². The van der Waals surface area contributed by atoms with Crippen LogP contribution < -0.4 is 10.1 Å². The zero-order valence-electron chi connectivity index (χ0n) is 13.4. The molecule has 1 aromatic carbocycles. The number of carbonyl (C=O) groups is 1. The highest BCUT2D eigenvalue weighted by Gasteiger charge is 2.27. The van der Waals surface area contributed by atoms with Crippen molar-refractivity contribution in [3.8, 4) is 5.75 Å². The van der Waals surface area contributed by atoms with E-state index < -0.39 is 0 Å². The van der Waals surface area contributed by atoms with Gasteiger partial charge in [-0.2, -0.15) is 0 Å². The molecular weight excluding hydrogens is 280 g/mol. The van der Waals surface area contributed by atoms with Gasteiger partial charge in [0.25, 0.3) is 0 Å². The first-order chi connectivity index (χ1) is 10.6. The van der Waals surface area contributed by atoms with Crippen LogP contribution in [0.15, 0.2) is 24.3 Å². The number of nitrogens with zero attached hydrogens (tertiary/aromatic N) is 1. The number of anilines is 1. The highest BCUT2D eigenvalue weighted by molar-refractivity contribution is 5.93. The van der Waals surface area contributed by atoms with E-state index in [9.17, 15) is 9.90 Å². The molecule has 1 fully saturated rings. The standard InChI is InChI=1S/C17H26N2O3/c1-3-22-16-9-5-4-8-15(16)18-17(21)12-19-10-6-7-14(19)11-13(2)20/h4-5,8-9,13-14,20H,3,6-7,10-12H2,1-2H3,(H,18,21). The Morgan fingerprint density at radius 1 is 1.50 bits per heavy atom. The molecule has 1 aliphatic rings. The van der Waals surface area contributed by atoms with Gasteiger partial charge in [-0.25, -0.2) is 0 Å². The van der Waals surface area contributed by atoms with Gasteiger partial charge < -0.3 is 15.2 Å². The van der Waals surface area contributed by atoms with Gasteiger partial charge in [-0.15, -0.1) is 0 Å². The molecule has 1 aromatic rings. The van der Waals surface area contributed by atoms with Crippen LogP contribution >= 0.6 is 0 Å². The zero-order chi connectivity index (χ0) is 15.9. The zero-order valence-corrected chi connectivity index (χ0v) is 13.4. The van der Waals surface area contributed by atoms with E-state index in [1.165, 1.54) is 0 Å². The molecule has 5 nitrogen and oxygen atoms in total. The van der Waals surface area contributed by atoms with Crippen LogP contribution in [-0.2, 0) is 4.79 Å². The molecule has 5 heteroatoms. The molecule has 0 radical (unpaired) electrons. The third-order valence-corrected chi connectivity index (χ3v) is 3.92. The average molecular weight is 306 g/mol. The number of rotatable bonds is 7. The quantitative estimate of drug-likeness (QED) is 0.811. The lowest BCUT2D eigenvalue weighted by atomic mass is 10.1. The summed E-state index contributed by atoms with van der Waals surface area (Å²) in [4.78, 5) is 14.4. The lowest BCUT2D eigenvalue weighted by Gasteiger charge is -2.25. The van der Waals surface area contributed by atoms with Crippen molar-refractivity contribution in [3.05, 3.63) is 24.3 Å². The van der Waals surface area contributed by atoms with Crippen molar-refractivity contribution in [2.45, 2.75) is 45.3 Å². The van der Waals surface area contributed by atoms with Crippen LogP contribution in [0.25, 0.3) is 0 Å². The number of para-hydroxylation sites is 2. The Bertz CT molecular complexity index is 491. The molecule has 2 N–H and O–H groups in total. The van der Waals surface area contributed by atoms with E-state index in [0.717, 1.165) is 25.8 Å². The number of aliphatic hydroxyl groups is 1. The van der Waals surface area contributed by atoms with Gasteiger partial charge in [0, 0.05) is 6.04 Å². The molecule has 1 heterocycles. The van der Waals surface area contributed by atoms with Crippen molar-refractivity contribution >= 4 is 11.6 Å². The normalized spacial score (nSPS) is 19.9. The maximum atomic E-state index is 12.3. The van der Waals surface area contributed by atoms with E-state index in [1.807, 2.05) is 31.2 Å². The molecule has 2 rings (SSSR count). The van der Waals surface area contributed by atoms with E-state index in [0.29, 0.717) is 30.6 Å². The summed E-state index contributed by atoms with van der Waals surface area (Å²) in [5, 5.41) is 12.5. The number of amides is 1. The molecule has 0 spiro atoms. The molecule has 1 saturated heterocycles. The minimum absolute atomic E-state index is 0.0374. The predicted octanol–water partition coefficient (Wildman–Crippen LogP) is 2.26. The number of likely N-dealkylation sites (tertiary alicyclic amines) is 1. The Morgan fingerprint density at radius 3 is 3.00 bits per heavy atom. The van der Waals surface area contributed by atoms with Crippen LogP contribution in [0.2, 0.25) is 0 Å². The van der Waals surface area contributed by atoms with Gasteiger partial charge >= 0.3 is 0 Å². The van der Waals surface area contributed by atoms with Crippen LogP contribution in [0.1, 0.15) is 33.1 Å². The number of hydrogen-bond donors (Lipinski definition) is 2. The second kappa shape index (κ2) is 8.15. The molecule has 0 aliphatic carbocycles. The maximum Gasteiger partial charge on any atom is 0.238 e. The fourth-order valence-corrected chi connectivity index (χ4v) is 2.99. The minimum Gasteiger partial charge on any atom is -0.492 e. The van der Waals surface area contributed by atoms with Crippen molar-refractivity contribution in [1.29, 1.82) is 0 Å². The maximum absolute atomic E-state index is 12.3. The summed E-state index contributed by atoms with van der Waals surface area (Å²) < 4.78 is 5.52. The van der Waals surface area contributed by atoms with Gasteiger partial charge in [0.05, 0.1) is 24.9 Å². The van der Waals surface area contributed by atoms with Crippen molar-refractivity contribution < 1.29 is 14.6 Å². The molecule has 2 unspecified atom stereocenters. The number of hydrogen-bond acceptors (Lipinski definition) is 4. The number of nitrogens with one attached hydrogen (secondary N) is 1. The fraction of sp³-hybridized carbons (Fsp3) is 0.588. The summed E-state index contributed by atoms with van der Waals surface area (Å²) in [6.07, 6.45) is 2.53. The highest BCUT2D eigenvalue weighted by Crippen LogP contribution is 2.25. The minimum atomic E-state index is -0.327. The first kappa shape index (κ1) is 16.8. The van der Waals surface area contributed by atoms with Crippen LogP contribution in [0, 0.1) is 0 Å². The Hall–Kier alpha value is -1.59. The highest BCUT2D eigenvalue weighted by atomic mass is 16.5. The van der Waals surface area contributed by atoms with Gasteiger partial charge in [0.1, 0.15) is 5.75 Å². The number of benzene rings is 1. The Kier molecular flexibility index (Phi) is 6.21. The second-order valence-corrected chi connectivity index (χ2v) is 5.83.